The van der Waals surface area contributed by atoms with E-state index in [0.29, 0.717) is 17.8 Å². The van der Waals surface area contributed by atoms with Crippen LogP contribution in [0, 0.1) is 0 Å². The van der Waals surface area contributed by atoms with Crippen molar-refractivity contribution in [2.45, 2.75) is 18.9 Å². The van der Waals surface area contributed by atoms with Gasteiger partial charge in [-0.05, 0) is 18.4 Å². The topological polar surface area (TPSA) is 83.7 Å². The number of amides is 1. The van der Waals surface area contributed by atoms with Gasteiger partial charge in [0.1, 0.15) is 5.56 Å². The highest BCUT2D eigenvalue weighted by molar-refractivity contribution is 7.15. The Hall–Kier alpha value is -2.51. The number of thiazole rings is 1. The number of fused-ring (bicyclic) bond motifs is 1. The van der Waals surface area contributed by atoms with Gasteiger partial charge in [-0.2, -0.15) is 0 Å². The number of hydrogen-bond donors (Lipinski definition) is 2. The van der Waals surface area contributed by atoms with Crippen molar-refractivity contribution in [2.75, 3.05) is 6.61 Å². The molecule has 2 N–H and O–H groups in total. The van der Waals surface area contributed by atoms with E-state index in [1.54, 1.807) is 11.6 Å². The van der Waals surface area contributed by atoms with Crippen LogP contribution in [0.3, 0.4) is 0 Å². The normalized spacial score (nSPS) is 12.2. The zero-order valence-electron chi connectivity index (χ0n) is 12.9. The third-order valence-electron chi connectivity index (χ3n) is 3.75. The van der Waals surface area contributed by atoms with E-state index in [9.17, 15) is 9.59 Å². The van der Waals surface area contributed by atoms with Crippen LogP contribution in [0.15, 0.2) is 52.9 Å². The summed E-state index contributed by atoms with van der Waals surface area (Å²) in [6.07, 6.45) is 4.06. The Kier molecular flexibility index (Phi) is 5.02. The lowest BCUT2D eigenvalue weighted by atomic mass is 10.0. The number of hydrogen-bond acceptors (Lipinski definition) is 5. The highest BCUT2D eigenvalue weighted by Crippen LogP contribution is 2.18. The van der Waals surface area contributed by atoms with Crippen molar-refractivity contribution in [1.29, 1.82) is 0 Å². The van der Waals surface area contributed by atoms with Gasteiger partial charge in [-0.1, -0.05) is 30.3 Å². The molecule has 6 nitrogen and oxygen atoms in total. The van der Waals surface area contributed by atoms with Crippen LogP contribution in [-0.2, 0) is 0 Å². The van der Waals surface area contributed by atoms with Gasteiger partial charge in [0.05, 0.1) is 6.04 Å². The van der Waals surface area contributed by atoms with Crippen molar-refractivity contribution in [3.05, 3.63) is 69.6 Å². The number of nitrogens with zero attached hydrogens (tertiary/aromatic N) is 2. The van der Waals surface area contributed by atoms with Crippen molar-refractivity contribution in [3.8, 4) is 0 Å². The van der Waals surface area contributed by atoms with Crippen LogP contribution < -0.4 is 10.9 Å². The van der Waals surface area contributed by atoms with Crippen LogP contribution >= 0.6 is 11.3 Å². The number of benzene rings is 1. The van der Waals surface area contributed by atoms with Gasteiger partial charge in [0.25, 0.3) is 11.5 Å². The summed E-state index contributed by atoms with van der Waals surface area (Å²) in [5.41, 5.74) is 0.563. The molecule has 1 aromatic carbocycles. The molecule has 0 bridgehead atoms. The van der Waals surface area contributed by atoms with Crippen molar-refractivity contribution >= 4 is 22.2 Å². The minimum atomic E-state index is -0.458. The summed E-state index contributed by atoms with van der Waals surface area (Å²) in [5.74, 6) is -0.458. The highest BCUT2D eigenvalue weighted by Gasteiger charge is 2.19. The third kappa shape index (κ3) is 3.37. The van der Waals surface area contributed by atoms with E-state index in [4.69, 9.17) is 5.11 Å². The molecule has 2 heterocycles. The minimum Gasteiger partial charge on any atom is -0.396 e. The van der Waals surface area contributed by atoms with Gasteiger partial charge in [0.15, 0.2) is 4.96 Å². The molecule has 1 atom stereocenters. The molecule has 1 unspecified atom stereocenters. The van der Waals surface area contributed by atoms with Gasteiger partial charge in [-0.15, -0.1) is 11.3 Å². The number of carbonyl (C=O) groups excluding carboxylic acids is 1. The lowest BCUT2D eigenvalue weighted by molar-refractivity contribution is 0.0930. The predicted octanol–water partition coefficient (Wildman–Crippen LogP) is 2.00. The van der Waals surface area contributed by atoms with Crippen molar-refractivity contribution in [1.82, 2.24) is 14.7 Å². The van der Waals surface area contributed by atoms with Crippen LogP contribution in [-0.4, -0.2) is 27.0 Å². The van der Waals surface area contributed by atoms with Crippen molar-refractivity contribution in [2.24, 2.45) is 0 Å². The SMILES string of the molecule is O=C(NC(CCCO)c1ccccc1)c1cnc2sccn2c1=O. The molecule has 0 saturated carbocycles. The molecule has 3 rings (SSSR count). The number of aliphatic hydroxyl groups excluding tert-OH is 1. The van der Waals surface area contributed by atoms with E-state index in [0.717, 1.165) is 5.56 Å². The van der Waals surface area contributed by atoms with Crippen LogP contribution in [0.25, 0.3) is 4.96 Å². The summed E-state index contributed by atoms with van der Waals surface area (Å²) in [6, 6.07) is 9.23. The second kappa shape index (κ2) is 7.37. The Morgan fingerprint density at radius 2 is 2.12 bits per heavy atom. The number of nitrogens with one attached hydrogen (secondary N) is 1. The molecule has 0 spiro atoms. The molecular weight excluding hydrogens is 326 g/mol. The largest absolute Gasteiger partial charge is 0.396 e. The van der Waals surface area contributed by atoms with Crippen LogP contribution in [0.1, 0.15) is 34.8 Å². The van der Waals surface area contributed by atoms with E-state index < -0.39 is 5.91 Å². The summed E-state index contributed by atoms with van der Waals surface area (Å²) in [5, 5.41) is 13.7. The van der Waals surface area contributed by atoms with Crippen molar-refractivity contribution in [3.63, 3.8) is 0 Å². The zero-order chi connectivity index (χ0) is 16.9. The first-order valence-electron chi connectivity index (χ1n) is 7.62. The molecule has 0 aliphatic heterocycles. The number of carbonyl (C=O) groups is 1. The fourth-order valence-corrected chi connectivity index (χ4v) is 3.19. The first-order valence-corrected chi connectivity index (χ1v) is 8.50. The maximum atomic E-state index is 12.6. The van der Waals surface area contributed by atoms with E-state index in [1.165, 1.54) is 21.9 Å². The molecule has 3 aromatic rings. The average molecular weight is 343 g/mol. The second-order valence-electron chi connectivity index (χ2n) is 5.34. The van der Waals surface area contributed by atoms with Gasteiger partial charge < -0.3 is 10.4 Å². The van der Waals surface area contributed by atoms with Gasteiger partial charge >= 0.3 is 0 Å². The number of rotatable bonds is 6. The zero-order valence-corrected chi connectivity index (χ0v) is 13.7. The Labute approximate surface area is 142 Å². The molecule has 0 aliphatic rings. The van der Waals surface area contributed by atoms with Gasteiger partial charge in [0, 0.05) is 24.4 Å². The molecule has 7 heteroatoms. The van der Waals surface area contributed by atoms with E-state index in [1.807, 2.05) is 30.3 Å². The molecule has 0 fully saturated rings. The minimum absolute atomic E-state index is 0.0100. The lowest BCUT2D eigenvalue weighted by Crippen LogP contribution is -2.34. The lowest BCUT2D eigenvalue weighted by Gasteiger charge is -2.18. The van der Waals surface area contributed by atoms with Crippen LogP contribution in [0.2, 0.25) is 0 Å². The van der Waals surface area contributed by atoms with Gasteiger partial charge in [-0.25, -0.2) is 4.98 Å². The standard InChI is InChI=1S/C17H17N3O3S/c21-9-4-7-14(12-5-2-1-3-6-12)19-15(22)13-11-18-17-20(16(13)23)8-10-24-17/h1-3,5-6,8,10-11,14,21H,4,7,9H2,(H,19,22). The fraction of sp³-hybridized carbons (Fsp3) is 0.235. The van der Waals surface area contributed by atoms with E-state index in [-0.39, 0.29) is 23.8 Å². The first kappa shape index (κ1) is 16.4. The van der Waals surface area contributed by atoms with Gasteiger partial charge in [-0.3, -0.25) is 14.0 Å². The molecule has 0 radical (unpaired) electrons. The average Bonchev–Trinajstić information content (AvgIpc) is 3.09. The molecule has 124 valence electrons. The first-order chi connectivity index (χ1) is 11.7. The number of aliphatic hydroxyl groups is 1. The number of aromatic nitrogens is 2. The molecular formula is C17H17N3O3S. The third-order valence-corrected chi connectivity index (χ3v) is 4.52. The monoisotopic (exact) mass is 343 g/mol. The van der Waals surface area contributed by atoms with E-state index in [2.05, 4.69) is 10.3 Å². The highest BCUT2D eigenvalue weighted by atomic mass is 32.1. The predicted molar refractivity (Wildman–Crippen MR) is 92.3 cm³/mol. The smallest absolute Gasteiger partial charge is 0.271 e. The summed E-state index contributed by atoms with van der Waals surface area (Å²) >= 11 is 1.34. The van der Waals surface area contributed by atoms with Crippen LogP contribution in [0.4, 0.5) is 0 Å². The summed E-state index contributed by atoms with van der Waals surface area (Å²) in [7, 11) is 0. The van der Waals surface area contributed by atoms with Gasteiger partial charge in [0.2, 0.25) is 0 Å². The quantitative estimate of drug-likeness (QED) is 0.717. The maximum Gasteiger partial charge on any atom is 0.271 e. The Morgan fingerprint density at radius 1 is 1.33 bits per heavy atom. The van der Waals surface area contributed by atoms with Crippen LogP contribution in [0.5, 0.6) is 0 Å². The molecule has 2 aromatic heterocycles. The van der Waals surface area contributed by atoms with Crippen molar-refractivity contribution < 1.29 is 9.90 Å². The second-order valence-corrected chi connectivity index (χ2v) is 6.21. The molecule has 0 saturated heterocycles. The maximum absolute atomic E-state index is 12.6. The van der Waals surface area contributed by atoms with E-state index >= 15 is 0 Å². The molecule has 24 heavy (non-hydrogen) atoms. The fourth-order valence-electron chi connectivity index (χ4n) is 2.52. The Balaban J connectivity index is 1.86. The Bertz CT molecular complexity index is 889. The molecule has 0 aliphatic carbocycles. The summed E-state index contributed by atoms with van der Waals surface area (Å²) in [4.78, 5) is 29.6. The summed E-state index contributed by atoms with van der Waals surface area (Å²) in [6.45, 7) is 0.0459. The summed E-state index contributed by atoms with van der Waals surface area (Å²) < 4.78 is 1.37. The molecule has 1 amide bonds. The Morgan fingerprint density at radius 3 is 2.88 bits per heavy atom.